The number of unbranched alkanes of at least 4 members (excludes halogenated alkanes) is 11. The van der Waals surface area contributed by atoms with Gasteiger partial charge in [0.15, 0.2) is 5.75 Å². The third-order valence-electron chi connectivity index (χ3n) is 7.74. The third kappa shape index (κ3) is 10.8. The molecule has 2 aromatic carbocycles. The first-order valence-electron chi connectivity index (χ1n) is 16.4. The number of aryl methyl sites for hydroxylation is 1. The molecule has 0 unspecified atom stereocenters. The molecule has 41 heavy (non-hydrogen) atoms. The fourth-order valence-electron chi connectivity index (χ4n) is 5.26. The Morgan fingerprint density at radius 3 is 1.90 bits per heavy atom. The van der Waals surface area contributed by atoms with Gasteiger partial charge < -0.3 is 19.4 Å². The van der Waals surface area contributed by atoms with Crippen LogP contribution in [0.4, 0.5) is 5.69 Å². The van der Waals surface area contributed by atoms with E-state index in [1.165, 1.54) is 56.9 Å². The smallest absolute Gasteiger partial charge is 0.297 e. The van der Waals surface area contributed by atoms with E-state index in [0.29, 0.717) is 31.3 Å². The van der Waals surface area contributed by atoms with E-state index in [-0.39, 0.29) is 5.56 Å². The summed E-state index contributed by atoms with van der Waals surface area (Å²) in [5.74, 6) is 1.01. The predicted octanol–water partition coefficient (Wildman–Crippen LogP) is 9.89. The number of rotatable bonds is 22. The van der Waals surface area contributed by atoms with E-state index >= 15 is 0 Å². The summed E-state index contributed by atoms with van der Waals surface area (Å²) in [6.45, 7) is 9.22. The zero-order valence-corrected chi connectivity index (χ0v) is 26.0. The van der Waals surface area contributed by atoms with Crippen LogP contribution in [0.3, 0.4) is 0 Å². The second kappa shape index (κ2) is 19.2. The van der Waals surface area contributed by atoms with Crippen molar-refractivity contribution in [3.63, 3.8) is 0 Å². The van der Waals surface area contributed by atoms with Gasteiger partial charge in [0.25, 0.3) is 5.56 Å². The molecule has 1 N–H and O–H groups in total. The van der Waals surface area contributed by atoms with Crippen molar-refractivity contribution >= 4 is 16.6 Å². The second-order valence-electron chi connectivity index (χ2n) is 11.3. The molecule has 0 atom stereocenters. The van der Waals surface area contributed by atoms with E-state index in [1.807, 2.05) is 10.6 Å². The van der Waals surface area contributed by atoms with Gasteiger partial charge in [-0.1, -0.05) is 122 Å². The monoisotopic (exact) mass is 562 g/mol. The van der Waals surface area contributed by atoms with Gasteiger partial charge in [0.2, 0.25) is 5.75 Å². The van der Waals surface area contributed by atoms with Gasteiger partial charge in [0.05, 0.1) is 18.7 Å². The van der Waals surface area contributed by atoms with Gasteiger partial charge in [-0.05, 0) is 43.0 Å². The van der Waals surface area contributed by atoms with Crippen molar-refractivity contribution in [1.82, 2.24) is 4.57 Å². The van der Waals surface area contributed by atoms with Gasteiger partial charge in [-0.3, -0.25) is 4.79 Å². The van der Waals surface area contributed by atoms with Crippen molar-refractivity contribution in [2.24, 2.45) is 0 Å². The lowest BCUT2D eigenvalue weighted by Gasteiger charge is -2.20. The summed E-state index contributed by atoms with van der Waals surface area (Å²) in [4.78, 5) is 14.1. The Bertz CT molecular complexity index is 1190. The maximum atomic E-state index is 14.1. The first kappa shape index (κ1) is 32.6. The maximum absolute atomic E-state index is 14.1. The lowest BCUT2D eigenvalue weighted by atomic mass is 10.1. The molecule has 0 aliphatic carbocycles. The molecule has 226 valence electrons. The van der Waals surface area contributed by atoms with Crippen LogP contribution in [0.5, 0.6) is 11.5 Å². The molecule has 5 heteroatoms. The number of nitrogens with zero attached hydrogens (tertiary/aromatic N) is 1. The van der Waals surface area contributed by atoms with Crippen LogP contribution < -0.4 is 20.3 Å². The van der Waals surface area contributed by atoms with Gasteiger partial charge >= 0.3 is 0 Å². The largest absolute Gasteiger partial charge is 0.489 e. The van der Waals surface area contributed by atoms with Crippen molar-refractivity contribution < 1.29 is 9.47 Å². The summed E-state index contributed by atoms with van der Waals surface area (Å²) >= 11 is 0. The number of benzene rings is 2. The highest BCUT2D eigenvalue weighted by Crippen LogP contribution is 2.35. The van der Waals surface area contributed by atoms with Crippen LogP contribution in [0.2, 0.25) is 0 Å². The lowest BCUT2D eigenvalue weighted by Crippen LogP contribution is -2.24. The zero-order valence-electron chi connectivity index (χ0n) is 26.0. The quantitative estimate of drug-likeness (QED) is 0.124. The molecule has 3 aromatic rings. The number of pyridine rings is 1. The summed E-state index contributed by atoms with van der Waals surface area (Å²) in [5, 5.41) is 4.52. The van der Waals surface area contributed by atoms with Crippen LogP contribution in [0.25, 0.3) is 10.9 Å². The number of anilines is 1. The molecular weight excluding hydrogens is 508 g/mol. The van der Waals surface area contributed by atoms with Crippen LogP contribution in [0, 0.1) is 0 Å². The van der Waals surface area contributed by atoms with Crippen LogP contribution >= 0.6 is 0 Å². The van der Waals surface area contributed by atoms with Crippen LogP contribution in [0.15, 0.2) is 53.3 Å². The highest BCUT2D eigenvalue weighted by atomic mass is 16.5. The third-order valence-corrected chi connectivity index (χ3v) is 7.74. The van der Waals surface area contributed by atoms with E-state index < -0.39 is 0 Å². The average molecular weight is 563 g/mol. The summed E-state index contributed by atoms with van der Waals surface area (Å²) in [6.07, 6.45) is 16.0. The predicted molar refractivity (Wildman–Crippen MR) is 175 cm³/mol. The van der Waals surface area contributed by atoms with Crippen molar-refractivity contribution in [3.05, 3.63) is 64.4 Å². The number of hydrogen-bond acceptors (Lipinski definition) is 4. The molecule has 0 fully saturated rings. The Hall–Kier alpha value is -2.95. The Morgan fingerprint density at radius 2 is 1.24 bits per heavy atom. The Morgan fingerprint density at radius 1 is 0.659 bits per heavy atom. The molecule has 1 heterocycles. The van der Waals surface area contributed by atoms with E-state index in [4.69, 9.17) is 9.47 Å². The van der Waals surface area contributed by atoms with Crippen molar-refractivity contribution in [1.29, 1.82) is 0 Å². The van der Waals surface area contributed by atoms with Crippen molar-refractivity contribution in [3.8, 4) is 11.5 Å². The Balaban J connectivity index is 1.93. The van der Waals surface area contributed by atoms with Gasteiger partial charge in [-0.25, -0.2) is 0 Å². The minimum absolute atomic E-state index is 0.0645. The standard InChI is InChI=1S/C36H54N2O3/c1-4-7-10-13-14-18-25-38-33-28-31(37-29-30-21-16-15-17-22-30)23-24-32(33)34(40-26-19-11-8-5-2)35(36(38)39)41-27-20-12-9-6-3/h15-17,21-24,28,37H,4-14,18-20,25-27,29H2,1-3H3. The molecule has 0 amide bonds. The molecule has 0 aliphatic rings. The molecule has 0 saturated heterocycles. The zero-order chi connectivity index (χ0) is 29.1. The summed E-state index contributed by atoms with van der Waals surface area (Å²) in [6, 6.07) is 16.7. The van der Waals surface area contributed by atoms with Crippen LogP contribution in [0.1, 0.15) is 116 Å². The fourth-order valence-corrected chi connectivity index (χ4v) is 5.26. The molecule has 3 rings (SSSR count). The average Bonchev–Trinajstić information content (AvgIpc) is 3.00. The topological polar surface area (TPSA) is 52.5 Å². The number of aromatic nitrogens is 1. The van der Waals surface area contributed by atoms with E-state index in [2.05, 4.69) is 68.6 Å². The normalized spacial score (nSPS) is 11.2. The van der Waals surface area contributed by atoms with Crippen LogP contribution in [-0.4, -0.2) is 17.8 Å². The molecule has 0 aliphatic heterocycles. The maximum Gasteiger partial charge on any atom is 0.297 e. The van der Waals surface area contributed by atoms with Crippen molar-refractivity contribution in [2.75, 3.05) is 18.5 Å². The molecule has 0 radical (unpaired) electrons. The van der Waals surface area contributed by atoms with Gasteiger partial charge in [0, 0.05) is 24.2 Å². The van der Waals surface area contributed by atoms with Gasteiger partial charge in [-0.15, -0.1) is 0 Å². The molecular formula is C36H54N2O3. The SMILES string of the molecule is CCCCCCCCn1c(=O)c(OCCCCCC)c(OCCCCCC)c2ccc(NCc3ccccc3)cc21. The Kier molecular flexibility index (Phi) is 15.3. The summed E-state index contributed by atoms with van der Waals surface area (Å²) in [7, 11) is 0. The van der Waals surface area contributed by atoms with E-state index in [1.54, 1.807) is 0 Å². The minimum Gasteiger partial charge on any atom is -0.489 e. The fraction of sp³-hybridized carbons (Fsp3) is 0.583. The highest BCUT2D eigenvalue weighted by molar-refractivity contribution is 5.90. The van der Waals surface area contributed by atoms with Crippen LogP contribution in [-0.2, 0) is 13.1 Å². The molecule has 0 spiro atoms. The number of ether oxygens (including phenoxy) is 2. The van der Waals surface area contributed by atoms with Gasteiger partial charge in [-0.2, -0.15) is 0 Å². The Labute approximate surface area is 248 Å². The minimum atomic E-state index is -0.0645. The first-order chi connectivity index (χ1) is 20.2. The lowest BCUT2D eigenvalue weighted by molar-refractivity contribution is 0.256. The second-order valence-corrected chi connectivity index (χ2v) is 11.3. The number of fused-ring (bicyclic) bond motifs is 1. The van der Waals surface area contributed by atoms with Gasteiger partial charge in [0.1, 0.15) is 0 Å². The molecule has 0 bridgehead atoms. The molecule has 1 aromatic heterocycles. The number of nitrogens with one attached hydrogen (secondary N) is 1. The summed E-state index contributed by atoms with van der Waals surface area (Å²) in [5.41, 5.74) is 3.08. The molecule has 0 saturated carbocycles. The number of hydrogen-bond donors (Lipinski definition) is 1. The van der Waals surface area contributed by atoms with E-state index in [9.17, 15) is 4.79 Å². The first-order valence-corrected chi connectivity index (χ1v) is 16.4. The van der Waals surface area contributed by atoms with E-state index in [0.717, 1.165) is 61.7 Å². The van der Waals surface area contributed by atoms with Crippen molar-refractivity contribution in [2.45, 2.75) is 124 Å². The highest BCUT2D eigenvalue weighted by Gasteiger charge is 2.20. The molecule has 5 nitrogen and oxygen atoms in total. The summed E-state index contributed by atoms with van der Waals surface area (Å²) < 4.78 is 14.6.